The van der Waals surface area contributed by atoms with Gasteiger partial charge in [0.15, 0.2) is 0 Å². The topological polar surface area (TPSA) is 21.3 Å². The van der Waals surface area contributed by atoms with Crippen LogP contribution in [0.4, 0.5) is 0 Å². The molecular formula is C14H20BrNO. The number of nitrogens with one attached hydrogen (secondary N) is 1. The van der Waals surface area contributed by atoms with E-state index in [1.165, 1.54) is 12.0 Å². The highest BCUT2D eigenvalue weighted by Crippen LogP contribution is 2.24. The third kappa shape index (κ3) is 4.09. The van der Waals surface area contributed by atoms with Crippen molar-refractivity contribution in [3.8, 4) is 0 Å². The Balaban J connectivity index is 1.63. The minimum absolute atomic E-state index is 0.452. The molecule has 1 aliphatic carbocycles. The maximum absolute atomic E-state index is 5.86. The summed E-state index contributed by atoms with van der Waals surface area (Å²) in [5, 5.41) is 3.52. The first kappa shape index (κ1) is 13.1. The van der Waals surface area contributed by atoms with Gasteiger partial charge in [-0.15, -0.1) is 0 Å². The van der Waals surface area contributed by atoms with Crippen LogP contribution in [0.15, 0.2) is 28.7 Å². The molecule has 1 aliphatic rings. The van der Waals surface area contributed by atoms with Gasteiger partial charge in [0.25, 0.3) is 0 Å². The van der Waals surface area contributed by atoms with Crippen LogP contribution in [-0.2, 0) is 11.3 Å². The minimum Gasteiger partial charge on any atom is -0.373 e. The van der Waals surface area contributed by atoms with Gasteiger partial charge in [0.2, 0.25) is 0 Å². The zero-order chi connectivity index (χ0) is 12.1. The molecule has 0 saturated heterocycles. The first-order valence-corrected chi connectivity index (χ1v) is 7.16. The Morgan fingerprint density at radius 3 is 2.65 bits per heavy atom. The van der Waals surface area contributed by atoms with Crippen LogP contribution in [-0.4, -0.2) is 18.7 Å². The monoisotopic (exact) mass is 297 g/mol. The van der Waals surface area contributed by atoms with E-state index in [1.54, 1.807) is 0 Å². The van der Waals surface area contributed by atoms with Crippen LogP contribution in [0.5, 0.6) is 0 Å². The Hall–Kier alpha value is -0.380. The van der Waals surface area contributed by atoms with E-state index in [0.717, 1.165) is 30.5 Å². The molecule has 0 atom stereocenters. The number of ether oxygens (including phenoxy) is 1. The summed E-state index contributed by atoms with van der Waals surface area (Å²) in [4.78, 5) is 0. The van der Waals surface area contributed by atoms with Crippen molar-refractivity contribution >= 4 is 15.9 Å². The Labute approximate surface area is 112 Å². The highest BCUT2D eigenvalue weighted by molar-refractivity contribution is 9.10. The van der Waals surface area contributed by atoms with E-state index < -0.39 is 0 Å². The molecule has 1 N–H and O–H groups in total. The molecule has 0 aliphatic heterocycles. The molecule has 0 aromatic heterocycles. The third-order valence-electron chi connectivity index (χ3n) is 3.18. The Bertz CT molecular complexity index is 333. The molecule has 0 radical (unpaired) electrons. The van der Waals surface area contributed by atoms with E-state index >= 15 is 0 Å². The quantitative estimate of drug-likeness (QED) is 0.868. The second kappa shape index (κ2) is 6.53. The van der Waals surface area contributed by atoms with Crippen molar-refractivity contribution in [3.63, 3.8) is 0 Å². The number of hydrogen-bond acceptors (Lipinski definition) is 2. The Morgan fingerprint density at radius 2 is 2.00 bits per heavy atom. The molecule has 1 saturated carbocycles. The standard InChI is InChI=1S/C14H20BrNO/c1-2-7-16-13-8-14(9-13)17-10-11-3-5-12(15)6-4-11/h3-6,13-14,16H,2,7-10H2,1H3. The first-order valence-electron chi connectivity index (χ1n) is 6.37. The van der Waals surface area contributed by atoms with Gasteiger partial charge >= 0.3 is 0 Å². The zero-order valence-electron chi connectivity index (χ0n) is 10.3. The van der Waals surface area contributed by atoms with Crippen LogP contribution >= 0.6 is 15.9 Å². The van der Waals surface area contributed by atoms with Gasteiger partial charge in [0.1, 0.15) is 0 Å². The smallest absolute Gasteiger partial charge is 0.0720 e. The van der Waals surface area contributed by atoms with E-state index in [9.17, 15) is 0 Å². The average molecular weight is 298 g/mol. The van der Waals surface area contributed by atoms with Crippen LogP contribution in [0.3, 0.4) is 0 Å². The van der Waals surface area contributed by atoms with Gasteiger partial charge in [-0.05, 0) is 43.5 Å². The van der Waals surface area contributed by atoms with E-state index in [4.69, 9.17) is 4.74 Å². The van der Waals surface area contributed by atoms with Crippen LogP contribution < -0.4 is 5.32 Å². The molecule has 94 valence electrons. The van der Waals surface area contributed by atoms with E-state index in [2.05, 4.69) is 52.4 Å². The van der Waals surface area contributed by atoms with Gasteiger partial charge < -0.3 is 10.1 Å². The van der Waals surface area contributed by atoms with Crippen LogP contribution in [0.25, 0.3) is 0 Å². The fourth-order valence-electron chi connectivity index (χ4n) is 2.01. The fraction of sp³-hybridized carbons (Fsp3) is 0.571. The van der Waals surface area contributed by atoms with Crippen LogP contribution in [0.2, 0.25) is 0 Å². The highest BCUT2D eigenvalue weighted by atomic mass is 79.9. The van der Waals surface area contributed by atoms with Gasteiger partial charge in [-0.1, -0.05) is 35.0 Å². The number of benzene rings is 1. The lowest BCUT2D eigenvalue weighted by Crippen LogP contribution is -2.45. The van der Waals surface area contributed by atoms with Gasteiger partial charge in [-0.2, -0.15) is 0 Å². The molecule has 0 unspecified atom stereocenters. The molecule has 0 spiro atoms. The lowest BCUT2D eigenvalue weighted by molar-refractivity contribution is -0.0264. The third-order valence-corrected chi connectivity index (χ3v) is 3.71. The second-order valence-corrected chi connectivity index (χ2v) is 5.60. The summed E-state index contributed by atoms with van der Waals surface area (Å²) in [5.74, 6) is 0. The molecule has 0 amide bonds. The van der Waals surface area contributed by atoms with Crippen molar-refractivity contribution in [2.45, 2.75) is 44.9 Å². The number of halogens is 1. The number of rotatable bonds is 6. The molecule has 1 aromatic rings. The lowest BCUT2D eigenvalue weighted by Gasteiger charge is -2.35. The van der Waals surface area contributed by atoms with Crippen molar-refractivity contribution in [2.75, 3.05) is 6.54 Å². The molecule has 3 heteroatoms. The van der Waals surface area contributed by atoms with Gasteiger partial charge in [0.05, 0.1) is 12.7 Å². The van der Waals surface area contributed by atoms with Crippen molar-refractivity contribution in [3.05, 3.63) is 34.3 Å². The van der Waals surface area contributed by atoms with Crippen LogP contribution in [0.1, 0.15) is 31.7 Å². The zero-order valence-corrected chi connectivity index (χ0v) is 11.9. The van der Waals surface area contributed by atoms with E-state index in [1.807, 2.05) is 0 Å². The summed E-state index contributed by atoms with van der Waals surface area (Å²) in [7, 11) is 0. The van der Waals surface area contributed by atoms with Gasteiger partial charge in [-0.3, -0.25) is 0 Å². The lowest BCUT2D eigenvalue weighted by atomic mass is 9.89. The second-order valence-electron chi connectivity index (χ2n) is 4.68. The number of hydrogen-bond donors (Lipinski definition) is 1. The summed E-state index contributed by atoms with van der Waals surface area (Å²) in [6, 6.07) is 9.02. The molecule has 17 heavy (non-hydrogen) atoms. The summed E-state index contributed by atoms with van der Waals surface area (Å²) in [5.41, 5.74) is 1.25. The molecule has 1 aromatic carbocycles. The summed E-state index contributed by atoms with van der Waals surface area (Å²) in [6.45, 7) is 4.07. The Morgan fingerprint density at radius 1 is 1.29 bits per heavy atom. The maximum atomic E-state index is 5.86. The summed E-state index contributed by atoms with van der Waals surface area (Å²) in [6.07, 6.45) is 3.99. The molecule has 2 rings (SSSR count). The van der Waals surface area contributed by atoms with Crippen molar-refractivity contribution < 1.29 is 4.74 Å². The SMILES string of the molecule is CCCNC1CC(OCc2ccc(Br)cc2)C1. The summed E-state index contributed by atoms with van der Waals surface area (Å²) < 4.78 is 6.98. The van der Waals surface area contributed by atoms with Gasteiger partial charge in [0, 0.05) is 10.5 Å². The van der Waals surface area contributed by atoms with Crippen molar-refractivity contribution in [2.24, 2.45) is 0 Å². The minimum atomic E-state index is 0.452. The van der Waals surface area contributed by atoms with Crippen molar-refractivity contribution in [1.29, 1.82) is 0 Å². The molecule has 2 nitrogen and oxygen atoms in total. The average Bonchev–Trinajstić information content (AvgIpc) is 2.29. The van der Waals surface area contributed by atoms with E-state index in [0.29, 0.717) is 12.1 Å². The largest absolute Gasteiger partial charge is 0.373 e. The Kier molecular flexibility index (Phi) is 5.01. The molecular weight excluding hydrogens is 278 g/mol. The molecule has 0 bridgehead atoms. The maximum Gasteiger partial charge on any atom is 0.0720 e. The van der Waals surface area contributed by atoms with Gasteiger partial charge in [-0.25, -0.2) is 0 Å². The fourth-order valence-corrected chi connectivity index (χ4v) is 2.28. The first-order chi connectivity index (χ1) is 8.28. The van der Waals surface area contributed by atoms with Crippen LogP contribution in [0, 0.1) is 0 Å². The molecule has 0 heterocycles. The predicted molar refractivity (Wildman–Crippen MR) is 74.0 cm³/mol. The predicted octanol–water partition coefficient (Wildman–Crippen LogP) is 3.50. The summed E-state index contributed by atoms with van der Waals surface area (Å²) >= 11 is 3.43. The highest BCUT2D eigenvalue weighted by Gasteiger charge is 2.28. The van der Waals surface area contributed by atoms with E-state index in [-0.39, 0.29) is 0 Å². The normalized spacial score (nSPS) is 23.4. The molecule has 1 fully saturated rings. The van der Waals surface area contributed by atoms with Crippen molar-refractivity contribution in [1.82, 2.24) is 5.32 Å².